The zero-order chi connectivity index (χ0) is 12.1. The van der Waals surface area contributed by atoms with Gasteiger partial charge in [-0.3, -0.25) is 0 Å². The van der Waals surface area contributed by atoms with Crippen molar-refractivity contribution in [1.29, 1.82) is 0 Å². The molecule has 0 aliphatic rings. The monoisotopic (exact) mass is 214 g/mol. The smallest absolute Gasteiger partial charge is 0.340 e. The first-order chi connectivity index (χ1) is 6.94. The van der Waals surface area contributed by atoms with E-state index in [-0.39, 0.29) is 0 Å². The van der Waals surface area contributed by atoms with Crippen LogP contribution in [-0.4, -0.2) is 21.8 Å². The molecule has 0 aromatic carbocycles. The molecule has 1 unspecified atom stereocenters. The SMILES string of the molecule is CC=CC(O)(C(=O)O)C(CC)(CC)CC. The molecule has 15 heavy (non-hydrogen) atoms. The summed E-state index contributed by atoms with van der Waals surface area (Å²) in [4.78, 5) is 11.2. The van der Waals surface area contributed by atoms with Crippen LogP contribution in [0.3, 0.4) is 0 Å². The molecule has 0 aromatic heterocycles. The third-order valence-corrected chi connectivity index (χ3v) is 3.57. The van der Waals surface area contributed by atoms with Crippen molar-refractivity contribution >= 4 is 5.97 Å². The zero-order valence-electron chi connectivity index (χ0n) is 10.1. The summed E-state index contributed by atoms with van der Waals surface area (Å²) in [7, 11) is 0. The van der Waals surface area contributed by atoms with Gasteiger partial charge in [0.1, 0.15) is 0 Å². The molecule has 0 spiro atoms. The Bertz CT molecular complexity index is 233. The minimum Gasteiger partial charge on any atom is -0.479 e. The van der Waals surface area contributed by atoms with Crippen LogP contribution >= 0.6 is 0 Å². The maximum atomic E-state index is 11.2. The summed E-state index contributed by atoms with van der Waals surface area (Å²) >= 11 is 0. The van der Waals surface area contributed by atoms with Crippen molar-refractivity contribution in [3.05, 3.63) is 12.2 Å². The van der Waals surface area contributed by atoms with Crippen molar-refractivity contribution in [2.24, 2.45) is 5.41 Å². The van der Waals surface area contributed by atoms with Crippen LogP contribution in [0.5, 0.6) is 0 Å². The largest absolute Gasteiger partial charge is 0.479 e. The Morgan fingerprint density at radius 1 is 1.20 bits per heavy atom. The molecule has 0 bridgehead atoms. The molecular weight excluding hydrogens is 192 g/mol. The first kappa shape index (κ1) is 14.2. The molecule has 3 nitrogen and oxygen atoms in total. The number of hydrogen-bond donors (Lipinski definition) is 2. The Morgan fingerprint density at radius 2 is 1.60 bits per heavy atom. The maximum absolute atomic E-state index is 11.2. The number of carboxylic acids is 1. The summed E-state index contributed by atoms with van der Waals surface area (Å²) in [5, 5.41) is 19.5. The van der Waals surface area contributed by atoms with E-state index >= 15 is 0 Å². The minimum atomic E-state index is -1.75. The number of hydrogen-bond acceptors (Lipinski definition) is 2. The highest BCUT2D eigenvalue weighted by atomic mass is 16.4. The standard InChI is InChI=1S/C12H22O3/c1-5-9-12(15,10(13)14)11(6-2,7-3)8-4/h5,9,15H,6-8H2,1-4H3,(H,13,14). The van der Waals surface area contributed by atoms with Crippen LogP contribution in [0.1, 0.15) is 47.0 Å². The van der Waals surface area contributed by atoms with Crippen LogP contribution < -0.4 is 0 Å². The number of carbonyl (C=O) groups is 1. The van der Waals surface area contributed by atoms with Crippen LogP contribution in [0.15, 0.2) is 12.2 Å². The molecule has 0 saturated carbocycles. The van der Waals surface area contributed by atoms with E-state index < -0.39 is 17.0 Å². The number of rotatable bonds is 6. The van der Waals surface area contributed by atoms with Gasteiger partial charge in [0.25, 0.3) is 0 Å². The molecule has 0 amide bonds. The molecule has 3 heteroatoms. The molecule has 0 aliphatic heterocycles. The predicted molar refractivity (Wildman–Crippen MR) is 60.7 cm³/mol. The number of aliphatic hydroxyl groups is 1. The topological polar surface area (TPSA) is 57.5 Å². The highest BCUT2D eigenvalue weighted by molar-refractivity contribution is 5.81. The third kappa shape index (κ3) is 2.23. The quantitative estimate of drug-likeness (QED) is 0.668. The molecule has 2 N–H and O–H groups in total. The van der Waals surface area contributed by atoms with Crippen molar-refractivity contribution in [2.75, 3.05) is 0 Å². The number of aliphatic carboxylic acids is 1. The highest BCUT2D eigenvalue weighted by Crippen LogP contribution is 2.42. The normalized spacial score (nSPS) is 16.6. The lowest BCUT2D eigenvalue weighted by Crippen LogP contribution is -2.52. The zero-order valence-corrected chi connectivity index (χ0v) is 10.1. The fraction of sp³-hybridized carbons (Fsp3) is 0.750. The van der Waals surface area contributed by atoms with E-state index in [4.69, 9.17) is 0 Å². The summed E-state index contributed by atoms with van der Waals surface area (Å²) < 4.78 is 0. The van der Waals surface area contributed by atoms with Crippen molar-refractivity contribution < 1.29 is 15.0 Å². The molecule has 0 heterocycles. The second kappa shape index (κ2) is 5.31. The summed E-state index contributed by atoms with van der Waals surface area (Å²) in [5.74, 6) is -1.16. The summed E-state index contributed by atoms with van der Waals surface area (Å²) in [6.07, 6.45) is 4.93. The Balaban J connectivity index is 5.46. The molecule has 0 fully saturated rings. The van der Waals surface area contributed by atoms with E-state index in [9.17, 15) is 15.0 Å². The van der Waals surface area contributed by atoms with Gasteiger partial charge >= 0.3 is 5.97 Å². The Labute approximate surface area is 91.8 Å². The lowest BCUT2D eigenvalue weighted by Gasteiger charge is -2.41. The van der Waals surface area contributed by atoms with Gasteiger partial charge in [-0.15, -0.1) is 0 Å². The molecule has 88 valence electrons. The van der Waals surface area contributed by atoms with Crippen molar-refractivity contribution in [3.8, 4) is 0 Å². The van der Waals surface area contributed by atoms with E-state index in [0.717, 1.165) is 0 Å². The van der Waals surface area contributed by atoms with Gasteiger partial charge in [-0.05, 0) is 32.3 Å². The van der Waals surface area contributed by atoms with Crippen LogP contribution in [0.2, 0.25) is 0 Å². The Hall–Kier alpha value is -0.830. The fourth-order valence-corrected chi connectivity index (χ4v) is 2.27. The van der Waals surface area contributed by atoms with Gasteiger partial charge in [-0.2, -0.15) is 0 Å². The average molecular weight is 214 g/mol. The average Bonchev–Trinajstić information content (AvgIpc) is 2.21. The lowest BCUT2D eigenvalue weighted by molar-refractivity contribution is -0.168. The van der Waals surface area contributed by atoms with Gasteiger partial charge in [0.2, 0.25) is 0 Å². The van der Waals surface area contributed by atoms with E-state index in [0.29, 0.717) is 19.3 Å². The van der Waals surface area contributed by atoms with E-state index in [1.165, 1.54) is 6.08 Å². The van der Waals surface area contributed by atoms with E-state index in [1.807, 2.05) is 20.8 Å². The third-order valence-electron chi connectivity index (χ3n) is 3.57. The Kier molecular flexibility index (Phi) is 5.01. The van der Waals surface area contributed by atoms with Crippen molar-refractivity contribution in [3.63, 3.8) is 0 Å². The summed E-state index contributed by atoms with van der Waals surface area (Å²) in [5.41, 5.74) is -2.33. The fourth-order valence-electron chi connectivity index (χ4n) is 2.27. The molecular formula is C12H22O3. The van der Waals surface area contributed by atoms with Crippen LogP contribution in [0.4, 0.5) is 0 Å². The molecule has 0 saturated heterocycles. The van der Waals surface area contributed by atoms with Gasteiger partial charge in [-0.25, -0.2) is 4.79 Å². The van der Waals surface area contributed by atoms with Gasteiger partial charge in [0.15, 0.2) is 5.60 Å². The van der Waals surface area contributed by atoms with Gasteiger partial charge in [0.05, 0.1) is 0 Å². The van der Waals surface area contributed by atoms with Crippen LogP contribution in [0.25, 0.3) is 0 Å². The Morgan fingerprint density at radius 3 is 1.80 bits per heavy atom. The lowest BCUT2D eigenvalue weighted by atomic mass is 9.66. The molecule has 0 aliphatic carbocycles. The number of allylic oxidation sites excluding steroid dienone is 1. The van der Waals surface area contributed by atoms with Gasteiger partial charge < -0.3 is 10.2 Å². The second-order valence-electron chi connectivity index (χ2n) is 3.91. The van der Waals surface area contributed by atoms with Gasteiger partial charge in [0, 0.05) is 5.41 Å². The van der Waals surface area contributed by atoms with E-state index in [2.05, 4.69) is 0 Å². The summed E-state index contributed by atoms with van der Waals surface area (Å²) in [6, 6.07) is 0. The summed E-state index contributed by atoms with van der Waals surface area (Å²) in [6.45, 7) is 7.48. The van der Waals surface area contributed by atoms with Crippen molar-refractivity contribution in [1.82, 2.24) is 0 Å². The molecule has 0 aromatic rings. The first-order valence-electron chi connectivity index (χ1n) is 5.53. The number of carboxylic acid groups (broad SMARTS) is 1. The second-order valence-corrected chi connectivity index (χ2v) is 3.91. The minimum absolute atomic E-state index is 0.578. The van der Waals surface area contributed by atoms with Gasteiger partial charge in [-0.1, -0.05) is 26.8 Å². The first-order valence-corrected chi connectivity index (χ1v) is 5.53. The highest BCUT2D eigenvalue weighted by Gasteiger charge is 2.50. The molecule has 0 radical (unpaired) electrons. The van der Waals surface area contributed by atoms with Crippen LogP contribution in [-0.2, 0) is 4.79 Å². The van der Waals surface area contributed by atoms with E-state index in [1.54, 1.807) is 13.0 Å². The maximum Gasteiger partial charge on any atom is 0.340 e. The predicted octanol–water partition coefficient (Wildman–Crippen LogP) is 2.59. The molecule has 1 atom stereocenters. The van der Waals surface area contributed by atoms with Crippen molar-refractivity contribution in [2.45, 2.75) is 52.6 Å². The van der Waals surface area contributed by atoms with Crippen LogP contribution in [0, 0.1) is 5.41 Å². The molecule has 0 rings (SSSR count).